The Bertz CT molecular complexity index is 683. The fourth-order valence-corrected chi connectivity index (χ4v) is 3.13. The highest BCUT2D eigenvalue weighted by atomic mass is 32.2. The van der Waals surface area contributed by atoms with Crippen LogP contribution in [0, 0.1) is 0 Å². The zero-order valence-corrected chi connectivity index (χ0v) is 12.4. The molecule has 114 valence electrons. The smallest absolute Gasteiger partial charge is 0.241 e. The fraction of sp³-hybridized carbons (Fsp3) is 0.308. The summed E-state index contributed by atoms with van der Waals surface area (Å²) in [6.07, 6.45) is 3.40. The van der Waals surface area contributed by atoms with Crippen molar-refractivity contribution < 1.29 is 18.3 Å². The Morgan fingerprint density at radius 1 is 1.43 bits per heavy atom. The van der Waals surface area contributed by atoms with Gasteiger partial charge in [-0.15, -0.1) is 0 Å². The molecule has 0 spiro atoms. The van der Waals surface area contributed by atoms with E-state index in [4.69, 9.17) is 9.84 Å². The maximum atomic E-state index is 12.3. The van der Waals surface area contributed by atoms with Gasteiger partial charge in [0.15, 0.2) is 0 Å². The molecule has 0 fully saturated rings. The molecule has 0 unspecified atom stereocenters. The van der Waals surface area contributed by atoms with Gasteiger partial charge in [-0.3, -0.25) is 0 Å². The summed E-state index contributed by atoms with van der Waals surface area (Å²) in [7, 11) is -2.19. The van der Waals surface area contributed by atoms with Crippen LogP contribution in [0.3, 0.4) is 0 Å². The number of rotatable bonds is 7. The van der Waals surface area contributed by atoms with Gasteiger partial charge >= 0.3 is 0 Å². The van der Waals surface area contributed by atoms with Crippen molar-refractivity contribution in [2.45, 2.75) is 17.9 Å². The number of methoxy groups -OCH3 is 1. The summed E-state index contributed by atoms with van der Waals surface area (Å²) in [6.45, 7) is -0.0756. The Hall–Kier alpha value is -1.90. The summed E-state index contributed by atoms with van der Waals surface area (Å²) >= 11 is 0. The number of aromatic nitrogens is 2. The number of nitrogens with zero attached hydrogens (tertiary/aromatic N) is 1. The topological polar surface area (TPSA) is 104 Å². The number of hydrogen-bond acceptors (Lipinski definition) is 5. The first kappa shape index (κ1) is 15.5. The molecule has 1 aromatic carbocycles. The number of aromatic amines is 1. The summed E-state index contributed by atoms with van der Waals surface area (Å²) < 4.78 is 32.2. The summed E-state index contributed by atoms with van der Waals surface area (Å²) in [5.41, 5.74) is 0.504. The second kappa shape index (κ2) is 6.70. The molecule has 0 aliphatic rings. The molecule has 0 aliphatic heterocycles. The molecule has 0 saturated carbocycles. The molecule has 2 aromatic rings. The first-order valence-electron chi connectivity index (χ1n) is 6.32. The van der Waals surface area contributed by atoms with Crippen molar-refractivity contribution in [1.82, 2.24) is 14.7 Å². The minimum atomic E-state index is -3.69. The predicted molar refractivity (Wildman–Crippen MR) is 76.4 cm³/mol. The summed E-state index contributed by atoms with van der Waals surface area (Å²) in [5, 5.41) is 9.08. The zero-order valence-electron chi connectivity index (χ0n) is 11.5. The fourth-order valence-electron chi connectivity index (χ4n) is 1.90. The number of ether oxygens (including phenoxy) is 1. The molecule has 2 rings (SSSR count). The van der Waals surface area contributed by atoms with Crippen molar-refractivity contribution in [2.75, 3.05) is 13.7 Å². The first-order chi connectivity index (χ1) is 10.1. The van der Waals surface area contributed by atoms with Crippen LogP contribution in [0.4, 0.5) is 0 Å². The Balaban J connectivity index is 2.25. The summed E-state index contributed by atoms with van der Waals surface area (Å²) in [5.74, 6) is 1.07. The average Bonchev–Trinajstić information content (AvgIpc) is 2.99. The highest BCUT2D eigenvalue weighted by Crippen LogP contribution is 2.22. The maximum absolute atomic E-state index is 12.3. The molecule has 1 aromatic heterocycles. The third-order valence-electron chi connectivity index (χ3n) is 2.92. The Labute approximate surface area is 123 Å². The number of benzene rings is 1. The van der Waals surface area contributed by atoms with Gasteiger partial charge in [-0.2, -0.15) is 0 Å². The van der Waals surface area contributed by atoms with Crippen molar-refractivity contribution in [2.24, 2.45) is 0 Å². The highest BCUT2D eigenvalue weighted by molar-refractivity contribution is 7.89. The van der Waals surface area contributed by atoms with Crippen LogP contribution in [-0.2, 0) is 23.0 Å². The van der Waals surface area contributed by atoms with Gasteiger partial charge in [0.25, 0.3) is 0 Å². The summed E-state index contributed by atoms with van der Waals surface area (Å²) in [6, 6.07) is 4.65. The lowest BCUT2D eigenvalue weighted by Gasteiger charge is -2.12. The van der Waals surface area contributed by atoms with Gasteiger partial charge in [-0.25, -0.2) is 18.1 Å². The molecule has 0 aliphatic carbocycles. The van der Waals surface area contributed by atoms with Crippen LogP contribution >= 0.6 is 0 Å². The molecular formula is C13H17N3O4S. The number of hydrogen-bond donors (Lipinski definition) is 3. The number of sulfonamides is 1. The Morgan fingerprint density at radius 3 is 2.86 bits per heavy atom. The monoisotopic (exact) mass is 311 g/mol. The number of aliphatic hydroxyl groups excluding tert-OH is 1. The molecule has 21 heavy (non-hydrogen) atoms. The van der Waals surface area contributed by atoms with Gasteiger partial charge in [-0.05, 0) is 30.2 Å². The molecule has 3 N–H and O–H groups in total. The van der Waals surface area contributed by atoms with E-state index in [0.717, 1.165) is 0 Å². The minimum absolute atomic E-state index is 0.0694. The molecule has 8 heteroatoms. The molecule has 0 radical (unpaired) electrons. The van der Waals surface area contributed by atoms with Gasteiger partial charge in [0, 0.05) is 19.0 Å². The van der Waals surface area contributed by atoms with Crippen molar-refractivity contribution in [3.05, 3.63) is 42.0 Å². The third-order valence-corrected chi connectivity index (χ3v) is 4.42. The van der Waals surface area contributed by atoms with E-state index in [9.17, 15) is 8.42 Å². The van der Waals surface area contributed by atoms with E-state index in [1.54, 1.807) is 24.5 Å². The Morgan fingerprint density at radius 2 is 2.24 bits per heavy atom. The number of H-pyrrole nitrogens is 1. The van der Waals surface area contributed by atoms with Crippen LogP contribution in [0.1, 0.15) is 11.4 Å². The molecule has 0 amide bonds. The quantitative estimate of drug-likeness (QED) is 0.688. The van der Waals surface area contributed by atoms with Crippen molar-refractivity contribution in [3.63, 3.8) is 0 Å². The van der Waals surface area contributed by atoms with Gasteiger partial charge in [0.1, 0.15) is 11.6 Å². The maximum Gasteiger partial charge on any atom is 0.241 e. The molecule has 0 bridgehead atoms. The minimum Gasteiger partial charge on any atom is -0.497 e. The lowest BCUT2D eigenvalue weighted by atomic mass is 10.1. The number of aliphatic hydroxyl groups is 1. The third kappa shape index (κ3) is 3.81. The van der Waals surface area contributed by atoms with Crippen LogP contribution in [0.5, 0.6) is 5.75 Å². The number of nitrogens with one attached hydrogen (secondary N) is 2. The Kier molecular flexibility index (Phi) is 4.94. The van der Waals surface area contributed by atoms with Crippen molar-refractivity contribution >= 4 is 10.0 Å². The van der Waals surface area contributed by atoms with Gasteiger partial charge in [0.05, 0.1) is 18.6 Å². The lowest BCUT2D eigenvalue weighted by Crippen LogP contribution is -2.25. The average molecular weight is 311 g/mol. The van der Waals surface area contributed by atoms with Crippen LogP contribution in [0.2, 0.25) is 0 Å². The molecule has 0 atom stereocenters. The van der Waals surface area contributed by atoms with E-state index >= 15 is 0 Å². The van der Waals surface area contributed by atoms with Gasteiger partial charge in [-0.1, -0.05) is 0 Å². The highest BCUT2D eigenvalue weighted by Gasteiger charge is 2.19. The van der Waals surface area contributed by atoms with Crippen molar-refractivity contribution in [3.8, 4) is 5.75 Å². The molecule has 0 saturated heterocycles. The van der Waals surface area contributed by atoms with E-state index in [0.29, 0.717) is 17.1 Å². The van der Waals surface area contributed by atoms with E-state index in [-0.39, 0.29) is 24.5 Å². The second-order valence-corrected chi connectivity index (χ2v) is 6.04. The molecule has 7 nitrogen and oxygen atoms in total. The van der Waals surface area contributed by atoms with Gasteiger partial charge in [0.2, 0.25) is 10.0 Å². The largest absolute Gasteiger partial charge is 0.497 e. The van der Waals surface area contributed by atoms with E-state index in [1.807, 2.05) is 0 Å². The normalized spacial score (nSPS) is 11.5. The molecule has 1 heterocycles. The SMILES string of the molecule is COc1ccc(S(=O)(=O)NCc2ncc[nH]2)c(CCO)c1. The van der Waals surface area contributed by atoms with Crippen molar-refractivity contribution in [1.29, 1.82) is 0 Å². The van der Waals surface area contributed by atoms with Gasteiger partial charge < -0.3 is 14.8 Å². The zero-order chi connectivity index (χ0) is 15.3. The standard InChI is InChI=1S/C13H17N3O4S/c1-20-11-2-3-12(10(8-11)4-7-17)21(18,19)16-9-13-14-5-6-15-13/h2-3,5-6,8,16-17H,4,7,9H2,1H3,(H,14,15). The molecular weight excluding hydrogens is 294 g/mol. The van der Waals surface area contributed by atoms with E-state index in [2.05, 4.69) is 14.7 Å². The lowest BCUT2D eigenvalue weighted by molar-refractivity contribution is 0.298. The van der Waals surface area contributed by atoms with Crippen LogP contribution in [0.15, 0.2) is 35.5 Å². The summed E-state index contributed by atoms with van der Waals surface area (Å²) in [4.78, 5) is 6.91. The van der Waals surface area contributed by atoms with E-state index in [1.165, 1.54) is 13.2 Å². The van der Waals surface area contributed by atoms with Crippen LogP contribution < -0.4 is 9.46 Å². The second-order valence-electron chi connectivity index (χ2n) is 4.31. The van der Waals surface area contributed by atoms with E-state index < -0.39 is 10.0 Å². The van der Waals surface area contributed by atoms with Crippen LogP contribution in [0.25, 0.3) is 0 Å². The predicted octanol–water partition coefficient (Wildman–Crippen LogP) is 0.432. The number of imidazole rings is 1. The van der Waals surface area contributed by atoms with Crippen LogP contribution in [-0.4, -0.2) is 37.2 Å². The first-order valence-corrected chi connectivity index (χ1v) is 7.81.